The van der Waals surface area contributed by atoms with Gasteiger partial charge in [0.2, 0.25) is 0 Å². The molecule has 0 radical (unpaired) electrons. The summed E-state index contributed by atoms with van der Waals surface area (Å²) < 4.78 is 11.4. The van der Waals surface area contributed by atoms with Crippen LogP contribution in [0.5, 0.6) is 11.5 Å². The first-order chi connectivity index (χ1) is 13.9. The van der Waals surface area contributed by atoms with Gasteiger partial charge < -0.3 is 9.47 Å². The molecule has 0 N–H and O–H groups in total. The summed E-state index contributed by atoms with van der Waals surface area (Å²) in [7, 11) is 0. The van der Waals surface area contributed by atoms with Gasteiger partial charge in [-0.05, 0) is 48.2 Å². The van der Waals surface area contributed by atoms with Crippen LogP contribution in [0, 0.1) is 0 Å². The van der Waals surface area contributed by atoms with Gasteiger partial charge in [-0.1, -0.05) is 30.3 Å². The fourth-order valence-corrected chi connectivity index (χ4v) is 4.15. The van der Waals surface area contributed by atoms with E-state index in [9.17, 15) is 0 Å². The number of benzene rings is 2. The van der Waals surface area contributed by atoms with Crippen molar-refractivity contribution in [2.75, 3.05) is 19.8 Å². The largest absolute Gasteiger partial charge is 0.486 e. The summed E-state index contributed by atoms with van der Waals surface area (Å²) in [5.74, 6) is 1.74. The average molecular weight is 373 g/mol. The van der Waals surface area contributed by atoms with Crippen LogP contribution in [0.4, 0.5) is 0 Å². The van der Waals surface area contributed by atoms with E-state index in [1.54, 1.807) is 6.33 Å². The third kappa shape index (κ3) is 3.45. The SMILES string of the molecule is c1ncc(-c2ccc(CN3CCC[C@@H]3c3ccc4c(c3)OCCO4)cc2)cn1. The molecule has 5 heteroatoms. The Bertz CT molecular complexity index is 944. The second-order valence-electron chi connectivity index (χ2n) is 7.36. The number of rotatable bonds is 4. The minimum Gasteiger partial charge on any atom is -0.486 e. The molecule has 142 valence electrons. The van der Waals surface area contributed by atoms with Gasteiger partial charge in [0.1, 0.15) is 19.5 Å². The van der Waals surface area contributed by atoms with Crippen LogP contribution in [0.25, 0.3) is 11.1 Å². The molecule has 3 heterocycles. The first-order valence-corrected chi connectivity index (χ1v) is 9.85. The van der Waals surface area contributed by atoms with Gasteiger partial charge in [0.05, 0.1) is 0 Å². The Kier molecular flexibility index (Phi) is 4.67. The highest BCUT2D eigenvalue weighted by molar-refractivity contribution is 5.61. The Labute approximate surface area is 165 Å². The van der Waals surface area contributed by atoms with Crippen molar-refractivity contribution < 1.29 is 9.47 Å². The molecule has 0 amide bonds. The Morgan fingerprint density at radius 3 is 2.50 bits per heavy atom. The van der Waals surface area contributed by atoms with E-state index in [2.05, 4.69) is 57.3 Å². The van der Waals surface area contributed by atoms with E-state index in [-0.39, 0.29) is 0 Å². The molecular formula is C23H23N3O2. The molecule has 2 aliphatic rings. The molecule has 0 bridgehead atoms. The maximum Gasteiger partial charge on any atom is 0.161 e. The molecule has 0 saturated carbocycles. The molecule has 1 saturated heterocycles. The summed E-state index contributed by atoms with van der Waals surface area (Å²) in [4.78, 5) is 10.8. The van der Waals surface area contributed by atoms with Crippen LogP contribution in [0.15, 0.2) is 61.2 Å². The molecule has 0 spiro atoms. The molecule has 5 nitrogen and oxygen atoms in total. The lowest BCUT2D eigenvalue weighted by molar-refractivity contribution is 0.170. The van der Waals surface area contributed by atoms with Crippen LogP contribution < -0.4 is 9.47 Å². The highest BCUT2D eigenvalue weighted by Crippen LogP contribution is 2.38. The second-order valence-corrected chi connectivity index (χ2v) is 7.36. The lowest BCUT2D eigenvalue weighted by Crippen LogP contribution is -2.23. The number of aromatic nitrogens is 2. The number of hydrogen-bond donors (Lipinski definition) is 0. The van der Waals surface area contributed by atoms with E-state index in [0.717, 1.165) is 35.7 Å². The summed E-state index contributed by atoms with van der Waals surface area (Å²) in [5.41, 5.74) is 4.84. The summed E-state index contributed by atoms with van der Waals surface area (Å²) in [6.45, 7) is 3.33. The first kappa shape index (κ1) is 17.2. The van der Waals surface area contributed by atoms with E-state index in [0.29, 0.717) is 19.3 Å². The molecule has 28 heavy (non-hydrogen) atoms. The van der Waals surface area contributed by atoms with Gasteiger partial charge in [0.15, 0.2) is 11.5 Å². The zero-order valence-corrected chi connectivity index (χ0v) is 15.8. The van der Waals surface area contributed by atoms with E-state index >= 15 is 0 Å². The van der Waals surface area contributed by atoms with E-state index < -0.39 is 0 Å². The van der Waals surface area contributed by atoms with Crippen LogP contribution in [0.1, 0.15) is 30.0 Å². The molecule has 3 aromatic rings. The highest BCUT2D eigenvalue weighted by atomic mass is 16.6. The minimum absolute atomic E-state index is 0.429. The normalized spacial score (nSPS) is 18.9. The van der Waals surface area contributed by atoms with Crippen molar-refractivity contribution in [3.8, 4) is 22.6 Å². The van der Waals surface area contributed by atoms with Gasteiger partial charge in [-0.2, -0.15) is 0 Å². The van der Waals surface area contributed by atoms with Gasteiger partial charge in [-0.3, -0.25) is 4.90 Å². The number of nitrogens with zero attached hydrogens (tertiary/aromatic N) is 3. The topological polar surface area (TPSA) is 47.5 Å². The Morgan fingerprint density at radius 2 is 1.68 bits per heavy atom. The Morgan fingerprint density at radius 1 is 0.893 bits per heavy atom. The quantitative estimate of drug-likeness (QED) is 0.684. The van der Waals surface area contributed by atoms with Crippen molar-refractivity contribution in [1.29, 1.82) is 0 Å². The summed E-state index contributed by atoms with van der Waals surface area (Å²) >= 11 is 0. The third-order valence-electron chi connectivity index (χ3n) is 5.55. The fraction of sp³-hybridized carbons (Fsp3) is 0.304. The molecule has 0 unspecified atom stereocenters. The first-order valence-electron chi connectivity index (χ1n) is 9.85. The third-order valence-corrected chi connectivity index (χ3v) is 5.55. The van der Waals surface area contributed by atoms with Crippen molar-refractivity contribution >= 4 is 0 Å². The average Bonchev–Trinajstić information content (AvgIpc) is 3.23. The molecule has 2 aromatic carbocycles. The van der Waals surface area contributed by atoms with Crippen molar-refractivity contribution in [3.63, 3.8) is 0 Å². The standard InChI is InChI=1S/C23H23N3O2/c1-2-21(19-7-8-22-23(12-19)28-11-10-27-22)26(9-1)15-17-3-5-18(6-4-17)20-13-24-16-25-14-20/h3-8,12-14,16,21H,1-2,9-11,15H2/t21-/m1/s1. The lowest BCUT2D eigenvalue weighted by atomic mass is 10.0. The van der Waals surface area contributed by atoms with Gasteiger partial charge >= 0.3 is 0 Å². The molecule has 1 aromatic heterocycles. The maximum absolute atomic E-state index is 5.78. The van der Waals surface area contributed by atoms with E-state index in [1.807, 2.05) is 12.4 Å². The van der Waals surface area contributed by atoms with Gasteiger partial charge in [0, 0.05) is 30.5 Å². The van der Waals surface area contributed by atoms with Crippen LogP contribution >= 0.6 is 0 Å². The van der Waals surface area contributed by atoms with Crippen molar-refractivity contribution in [2.45, 2.75) is 25.4 Å². The van der Waals surface area contributed by atoms with Crippen LogP contribution in [0.3, 0.4) is 0 Å². The van der Waals surface area contributed by atoms with Gasteiger partial charge in [0.25, 0.3) is 0 Å². The Hall–Kier alpha value is -2.92. The second kappa shape index (κ2) is 7.60. The predicted molar refractivity (Wildman–Crippen MR) is 107 cm³/mol. The Balaban J connectivity index is 1.32. The summed E-state index contributed by atoms with van der Waals surface area (Å²) in [6, 6.07) is 15.6. The van der Waals surface area contributed by atoms with Crippen molar-refractivity contribution in [2.24, 2.45) is 0 Å². The predicted octanol–water partition coefficient (Wildman–Crippen LogP) is 4.25. The van der Waals surface area contributed by atoms with Gasteiger partial charge in [-0.25, -0.2) is 9.97 Å². The smallest absolute Gasteiger partial charge is 0.161 e. The van der Waals surface area contributed by atoms with Crippen molar-refractivity contribution in [1.82, 2.24) is 14.9 Å². The minimum atomic E-state index is 0.429. The molecule has 1 fully saturated rings. The van der Waals surface area contributed by atoms with Crippen molar-refractivity contribution in [3.05, 3.63) is 72.3 Å². The van der Waals surface area contributed by atoms with E-state index in [4.69, 9.17) is 9.47 Å². The lowest BCUT2D eigenvalue weighted by Gasteiger charge is -2.26. The number of likely N-dealkylation sites (tertiary alicyclic amines) is 1. The van der Waals surface area contributed by atoms with Gasteiger partial charge in [-0.15, -0.1) is 0 Å². The molecule has 1 atom stereocenters. The maximum atomic E-state index is 5.78. The summed E-state index contributed by atoms with van der Waals surface area (Å²) in [5, 5.41) is 0. The van der Waals surface area contributed by atoms with Crippen LogP contribution in [-0.2, 0) is 6.54 Å². The zero-order chi connectivity index (χ0) is 18.8. The molecular weight excluding hydrogens is 350 g/mol. The number of hydrogen-bond acceptors (Lipinski definition) is 5. The monoisotopic (exact) mass is 373 g/mol. The number of ether oxygens (including phenoxy) is 2. The zero-order valence-electron chi connectivity index (χ0n) is 15.8. The molecule has 2 aliphatic heterocycles. The van der Waals surface area contributed by atoms with Crippen LogP contribution in [0.2, 0.25) is 0 Å². The highest BCUT2D eigenvalue weighted by Gasteiger charge is 2.27. The van der Waals surface area contributed by atoms with Crippen LogP contribution in [-0.4, -0.2) is 34.6 Å². The number of fused-ring (bicyclic) bond motifs is 1. The summed E-state index contributed by atoms with van der Waals surface area (Å²) in [6.07, 6.45) is 7.65. The fourth-order valence-electron chi connectivity index (χ4n) is 4.15. The van der Waals surface area contributed by atoms with E-state index in [1.165, 1.54) is 24.0 Å². The molecule has 5 rings (SSSR count). The molecule has 0 aliphatic carbocycles.